The molecule has 0 amide bonds. The quantitative estimate of drug-likeness (QED) is 0.161. The maximum atomic E-state index is 13.7. The number of rotatable bonds is 11. The van der Waals surface area contributed by atoms with Crippen LogP contribution in [0.4, 0.5) is 23.1 Å². The topological polar surface area (TPSA) is 97.8 Å². The van der Waals surface area contributed by atoms with Crippen LogP contribution in [0.3, 0.4) is 0 Å². The Morgan fingerprint density at radius 2 is 1.59 bits per heavy atom. The lowest BCUT2D eigenvalue weighted by atomic mass is 9.86. The Morgan fingerprint density at radius 3 is 2.24 bits per heavy atom. The van der Waals surface area contributed by atoms with Crippen LogP contribution >= 0.6 is 0 Å². The van der Waals surface area contributed by atoms with Gasteiger partial charge in [-0.05, 0) is 107 Å². The highest BCUT2D eigenvalue weighted by Crippen LogP contribution is 2.40. The van der Waals surface area contributed by atoms with Gasteiger partial charge in [0, 0.05) is 26.2 Å². The summed E-state index contributed by atoms with van der Waals surface area (Å²) in [6, 6.07) is 15.5. The normalized spacial score (nSPS) is 15.6. The van der Waals surface area contributed by atoms with Gasteiger partial charge in [0.15, 0.2) is 11.5 Å². The molecule has 1 aliphatic rings. The lowest BCUT2D eigenvalue weighted by Crippen LogP contribution is -2.29. The van der Waals surface area contributed by atoms with Gasteiger partial charge in [-0.3, -0.25) is 4.21 Å². The minimum atomic E-state index is -2.59. The van der Waals surface area contributed by atoms with Gasteiger partial charge in [-0.15, -0.1) is 0 Å². The van der Waals surface area contributed by atoms with Crippen molar-refractivity contribution >= 4 is 49.4 Å². The van der Waals surface area contributed by atoms with E-state index in [1.54, 1.807) is 14.2 Å². The average molecular weight is 646 g/mol. The van der Waals surface area contributed by atoms with Gasteiger partial charge in [-0.25, -0.2) is 4.98 Å². The molecule has 1 fully saturated rings. The van der Waals surface area contributed by atoms with E-state index in [-0.39, 0.29) is 11.4 Å². The molecule has 3 aromatic carbocycles. The van der Waals surface area contributed by atoms with Crippen LogP contribution in [-0.2, 0) is 9.52 Å². The fraction of sp³-hybridized carbons (Fsp3) is 0.417. The predicted octanol–water partition coefficient (Wildman–Crippen LogP) is 7.52. The summed E-state index contributed by atoms with van der Waals surface area (Å²) in [5.74, 6) is 7.35. The van der Waals surface area contributed by atoms with E-state index in [1.807, 2.05) is 64.1 Å². The summed E-state index contributed by atoms with van der Waals surface area (Å²) in [4.78, 5) is 12.9. The SMILES string of the molecule is C=S(=O)(c1ccccc1Nc1nc(Nc2cc(C)c(C3CCN(C)CC3)cc2OC(C)C)nc2cc(OC)c(OC)cc12)C(C)C. The van der Waals surface area contributed by atoms with Gasteiger partial charge in [0.05, 0.1) is 42.1 Å². The average Bonchev–Trinajstić information content (AvgIpc) is 3.02. The minimum Gasteiger partial charge on any atom is -0.493 e. The summed E-state index contributed by atoms with van der Waals surface area (Å²) < 4.78 is 31.3. The van der Waals surface area contributed by atoms with E-state index in [1.165, 1.54) is 11.1 Å². The minimum absolute atomic E-state index is 0.0185. The van der Waals surface area contributed by atoms with Crippen LogP contribution in [0.5, 0.6) is 17.2 Å². The molecule has 1 aromatic heterocycles. The van der Waals surface area contributed by atoms with Crippen LogP contribution in [0, 0.1) is 6.92 Å². The molecule has 0 saturated carbocycles. The summed E-state index contributed by atoms with van der Waals surface area (Å²) in [5.41, 5.74) is 4.62. The van der Waals surface area contributed by atoms with E-state index < -0.39 is 9.52 Å². The molecular formula is C36H47N5O4S. The number of methoxy groups -OCH3 is 2. The molecule has 1 atom stereocenters. The second kappa shape index (κ2) is 13.8. The zero-order valence-electron chi connectivity index (χ0n) is 28.3. The number of likely N-dealkylation sites (tertiary alicyclic amines) is 1. The number of nitrogens with one attached hydrogen (secondary N) is 2. The summed E-state index contributed by atoms with van der Waals surface area (Å²) in [6.45, 7) is 12.2. The molecule has 2 heterocycles. The van der Waals surface area contributed by atoms with Crippen LogP contribution < -0.4 is 24.8 Å². The van der Waals surface area contributed by atoms with Crippen molar-refractivity contribution in [3.05, 3.63) is 59.7 Å². The van der Waals surface area contributed by atoms with Gasteiger partial charge < -0.3 is 29.7 Å². The van der Waals surface area contributed by atoms with Crippen molar-refractivity contribution in [2.75, 3.05) is 45.0 Å². The molecule has 0 bridgehead atoms. The molecule has 0 spiro atoms. The second-order valence-electron chi connectivity index (χ2n) is 12.6. The smallest absolute Gasteiger partial charge is 0.229 e. The molecule has 10 heteroatoms. The van der Waals surface area contributed by atoms with Crippen LogP contribution in [-0.4, -0.2) is 70.7 Å². The Balaban J connectivity index is 1.62. The van der Waals surface area contributed by atoms with Gasteiger partial charge in [-0.1, -0.05) is 26.0 Å². The lowest BCUT2D eigenvalue weighted by molar-refractivity contribution is 0.241. The first-order chi connectivity index (χ1) is 21.9. The molecular weight excluding hydrogens is 598 g/mol. The largest absolute Gasteiger partial charge is 0.493 e. The molecule has 4 aromatic rings. The van der Waals surface area contributed by atoms with Gasteiger partial charge in [0.25, 0.3) is 0 Å². The number of fused-ring (bicyclic) bond motifs is 1. The highest BCUT2D eigenvalue weighted by atomic mass is 32.2. The molecule has 9 nitrogen and oxygen atoms in total. The van der Waals surface area contributed by atoms with Crippen LogP contribution in [0.2, 0.25) is 0 Å². The van der Waals surface area contributed by atoms with Gasteiger partial charge in [0.1, 0.15) is 11.6 Å². The number of anilines is 4. The Labute approximate surface area is 273 Å². The van der Waals surface area contributed by atoms with Crippen molar-refractivity contribution in [1.82, 2.24) is 14.9 Å². The van der Waals surface area contributed by atoms with Gasteiger partial charge >= 0.3 is 0 Å². The Morgan fingerprint density at radius 1 is 0.913 bits per heavy atom. The monoisotopic (exact) mass is 645 g/mol. The summed E-state index contributed by atoms with van der Waals surface area (Å²) in [5, 5.41) is 7.49. The zero-order chi connectivity index (χ0) is 33.2. The molecule has 46 heavy (non-hydrogen) atoms. The van der Waals surface area contributed by atoms with Crippen molar-refractivity contribution in [1.29, 1.82) is 0 Å². The maximum absolute atomic E-state index is 13.7. The van der Waals surface area contributed by atoms with Crippen molar-refractivity contribution in [2.24, 2.45) is 0 Å². The fourth-order valence-electron chi connectivity index (χ4n) is 5.89. The number of hydrogen-bond acceptors (Lipinski definition) is 9. The van der Waals surface area contributed by atoms with Crippen molar-refractivity contribution < 1.29 is 18.4 Å². The fourth-order valence-corrected chi connectivity index (χ4v) is 7.20. The first-order valence-electron chi connectivity index (χ1n) is 15.8. The first-order valence-corrected chi connectivity index (χ1v) is 17.6. The summed E-state index contributed by atoms with van der Waals surface area (Å²) in [6.07, 6.45) is 2.23. The van der Waals surface area contributed by atoms with Crippen LogP contribution in [0.25, 0.3) is 10.9 Å². The number of benzene rings is 3. The van der Waals surface area contributed by atoms with E-state index in [2.05, 4.69) is 47.5 Å². The van der Waals surface area contributed by atoms with E-state index >= 15 is 0 Å². The third-order valence-electron chi connectivity index (χ3n) is 8.61. The van der Waals surface area contributed by atoms with Crippen molar-refractivity contribution in [3.8, 4) is 17.2 Å². The number of piperidine rings is 1. The molecule has 5 rings (SSSR count). The number of aryl methyl sites for hydroxylation is 1. The summed E-state index contributed by atoms with van der Waals surface area (Å²) >= 11 is 0. The lowest BCUT2D eigenvalue weighted by Gasteiger charge is -2.30. The van der Waals surface area contributed by atoms with E-state index in [9.17, 15) is 4.21 Å². The number of para-hydroxylation sites is 1. The number of ether oxygens (including phenoxy) is 3. The summed E-state index contributed by atoms with van der Waals surface area (Å²) in [7, 11) is 2.79. The second-order valence-corrected chi connectivity index (χ2v) is 15.4. The molecule has 1 unspecified atom stereocenters. The highest BCUT2D eigenvalue weighted by Gasteiger charge is 2.23. The molecule has 1 aliphatic heterocycles. The van der Waals surface area contributed by atoms with Crippen LogP contribution in [0.15, 0.2) is 53.4 Å². The molecule has 2 N–H and O–H groups in total. The maximum Gasteiger partial charge on any atom is 0.229 e. The van der Waals surface area contributed by atoms with E-state index in [0.717, 1.165) is 37.4 Å². The molecule has 0 aliphatic carbocycles. The zero-order valence-corrected chi connectivity index (χ0v) is 29.1. The number of hydrogen-bond donors (Lipinski definition) is 2. The third-order valence-corrected chi connectivity index (χ3v) is 11.2. The van der Waals surface area contributed by atoms with Gasteiger partial charge in [0.2, 0.25) is 5.95 Å². The van der Waals surface area contributed by atoms with Crippen molar-refractivity contribution in [2.45, 2.75) is 69.6 Å². The van der Waals surface area contributed by atoms with Crippen molar-refractivity contribution in [3.63, 3.8) is 0 Å². The number of aromatic nitrogens is 2. The highest BCUT2D eigenvalue weighted by molar-refractivity contribution is 8.01. The van der Waals surface area contributed by atoms with Crippen LogP contribution in [0.1, 0.15) is 57.6 Å². The van der Waals surface area contributed by atoms with E-state index in [0.29, 0.717) is 50.7 Å². The molecule has 1 saturated heterocycles. The Bertz CT molecular complexity index is 1820. The third kappa shape index (κ3) is 7.03. The van der Waals surface area contributed by atoms with E-state index in [4.69, 9.17) is 24.2 Å². The molecule has 0 radical (unpaired) electrons. The first kappa shape index (κ1) is 33.3. The molecule has 246 valence electrons. The standard InChI is InChI=1S/C36H47N5O4S/c1-22(2)45-31-19-26(25-14-16-41(6)17-15-25)24(5)18-30(31)39-36-38-29-21-33(44-8)32(43-7)20-27(29)35(40-36)37-28-12-10-11-13-34(28)46(9,42)23(3)4/h10-13,18-23,25H,9,14-17H2,1-8H3,(H2,37,38,39,40). The Kier molecular flexibility index (Phi) is 9.98. The predicted molar refractivity (Wildman–Crippen MR) is 191 cm³/mol. The Hall–Kier alpha value is -4.02. The number of nitrogens with zero attached hydrogens (tertiary/aromatic N) is 3. The van der Waals surface area contributed by atoms with Gasteiger partial charge in [-0.2, -0.15) is 4.98 Å².